The summed E-state index contributed by atoms with van der Waals surface area (Å²) in [7, 11) is -3.58. The number of thiophene rings is 1. The molecule has 0 bridgehead atoms. The lowest BCUT2D eigenvalue weighted by Gasteiger charge is -2.30. The number of hydrogen-bond donors (Lipinski definition) is 1. The summed E-state index contributed by atoms with van der Waals surface area (Å²) in [6.07, 6.45) is 1.57. The van der Waals surface area contributed by atoms with Crippen LogP contribution < -0.4 is 10.0 Å². The second-order valence-electron chi connectivity index (χ2n) is 5.05. The van der Waals surface area contributed by atoms with Crippen LogP contribution in [0.25, 0.3) is 0 Å². The van der Waals surface area contributed by atoms with Gasteiger partial charge in [-0.3, -0.25) is 4.31 Å². The van der Waals surface area contributed by atoms with Crippen LogP contribution in [0.2, 0.25) is 4.34 Å². The molecule has 1 aromatic carbocycles. The van der Waals surface area contributed by atoms with Crippen molar-refractivity contribution in [3.05, 3.63) is 39.7 Å². The Bertz CT molecular complexity index is 780. The van der Waals surface area contributed by atoms with E-state index in [2.05, 4.69) is 0 Å². The maximum absolute atomic E-state index is 12.9. The van der Waals surface area contributed by atoms with Crippen molar-refractivity contribution >= 4 is 44.3 Å². The van der Waals surface area contributed by atoms with Crippen molar-refractivity contribution in [1.82, 2.24) is 0 Å². The fraction of sp³-hybridized carbons (Fsp3) is 0.286. The number of nitrogens with two attached hydrogens (primary N) is 1. The average molecular weight is 343 g/mol. The first-order valence-electron chi connectivity index (χ1n) is 6.57. The molecule has 7 heteroatoms. The van der Waals surface area contributed by atoms with Gasteiger partial charge in [0.1, 0.15) is 4.21 Å². The molecule has 0 saturated carbocycles. The Hall–Kier alpha value is -1.24. The molecule has 3 rings (SSSR count). The smallest absolute Gasteiger partial charge is 0.273 e. The van der Waals surface area contributed by atoms with E-state index in [9.17, 15) is 8.42 Å². The Balaban J connectivity index is 2.12. The molecule has 112 valence electrons. The Kier molecular flexibility index (Phi) is 3.63. The first-order chi connectivity index (χ1) is 9.91. The van der Waals surface area contributed by atoms with Gasteiger partial charge in [0.25, 0.3) is 10.0 Å². The zero-order valence-corrected chi connectivity index (χ0v) is 13.9. The summed E-state index contributed by atoms with van der Waals surface area (Å²) < 4.78 is 28.0. The summed E-state index contributed by atoms with van der Waals surface area (Å²) in [4.78, 5) is 0. The normalized spacial score (nSPS) is 15.0. The van der Waals surface area contributed by atoms with E-state index in [1.54, 1.807) is 25.1 Å². The molecule has 2 heterocycles. The van der Waals surface area contributed by atoms with Gasteiger partial charge >= 0.3 is 0 Å². The Morgan fingerprint density at radius 1 is 1.38 bits per heavy atom. The minimum absolute atomic E-state index is 0.278. The maximum Gasteiger partial charge on any atom is 0.273 e. The van der Waals surface area contributed by atoms with Gasteiger partial charge in [0, 0.05) is 12.2 Å². The van der Waals surface area contributed by atoms with E-state index in [1.807, 2.05) is 6.07 Å². The van der Waals surface area contributed by atoms with Crippen molar-refractivity contribution in [2.75, 3.05) is 16.6 Å². The van der Waals surface area contributed by atoms with Gasteiger partial charge in [-0.05, 0) is 49.1 Å². The fourth-order valence-corrected chi connectivity index (χ4v) is 5.89. The number of halogens is 1. The number of anilines is 2. The molecule has 2 aromatic rings. The average Bonchev–Trinajstić information content (AvgIpc) is 2.79. The molecular formula is C14H15ClN2O2S2. The van der Waals surface area contributed by atoms with E-state index >= 15 is 0 Å². The quantitative estimate of drug-likeness (QED) is 0.850. The van der Waals surface area contributed by atoms with Crippen LogP contribution in [0.15, 0.2) is 28.5 Å². The third-order valence-electron chi connectivity index (χ3n) is 3.62. The van der Waals surface area contributed by atoms with Crippen molar-refractivity contribution < 1.29 is 8.42 Å². The first kappa shape index (κ1) is 14.7. The van der Waals surface area contributed by atoms with E-state index < -0.39 is 10.0 Å². The number of nitrogens with zero attached hydrogens (tertiary/aromatic N) is 1. The van der Waals surface area contributed by atoms with E-state index in [0.717, 1.165) is 35.3 Å². The number of sulfonamides is 1. The number of hydrogen-bond acceptors (Lipinski definition) is 4. The molecule has 0 radical (unpaired) electrons. The number of nitrogen functional groups attached to an aromatic ring is 1. The van der Waals surface area contributed by atoms with Gasteiger partial charge < -0.3 is 5.73 Å². The summed E-state index contributed by atoms with van der Waals surface area (Å²) in [5, 5.41) is 0. The number of fused-ring (bicyclic) bond motifs is 1. The fourth-order valence-electron chi connectivity index (χ4n) is 2.54. The van der Waals surface area contributed by atoms with Crippen LogP contribution >= 0.6 is 22.9 Å². The zero-order chi connectivity index (χ0) is 15.2. The van der Waals surface area contributed by atoms with Crippen molar-refractivity contribution in [1.29, 1.82) is 0 Å². The second-order valence-corrected chi connectivity index (χ2v) is 8.79. The topological polar surface area (TPSA) is 63.4 Å². The molecular weight excluding hydrogens is 328 g/mol. The highest BCUT2D eigenvalue weighted by Crippen LogP contribution is 2.38. The highest BCUT2D eigenvalue weighted by Gasteiger charge is 2.31. The molecule has 0 aliphatic carbocycles. The molecule has 1 aliphatic rings. The van der Waals surface area contributed by atoms with Crippen molar-refractivity contribution in [3.8, 4) is 0 Å². The van der Waals surface area contributed by atoms with E-state index in [0.29, 0.717) is 22.3 Å². The van der Waals surface area contributed by atoms with Crippen LogP contribution in [0.1, 0.15) is 17.5 Å². The number of rotatable bonds is 2. The highest BCUT2D eigenvalue weighted by atomic mass is 35.5. The minimum atomic E-state index is -3.58. The Morgan fingerprint density at radius 3 is 2.81 bits per heavy atom. The zero-order valence-electron chi connectivity index (χ0n) is 11.5. The van der Waals surface area contributed by atoms with Crippen LogP contribution in [0, 0.1) is 6.92 Å². The van der Waals surface area contributed by atoms with Crippen molar-refractivity contribution in [2.45, 2.75) is 24.0 Å². The van der Waals surface area contributed by atoms with E-state index in [4.69, 9.17) is 17.3 Å². The van der Waals surface area contributed by atoms with Crippen LogP contribution in [0.5, 0.6) is 0 Å². The molecule has 0 unspecified atom stereocenters. The molecule has 1 aliphatic heterocycles. The van der Waals surface area contributed by atoms with Crippen LogP contribution in [-0.2, 0) is 16.4 Å². The minimum Gasteiger partial charge on any atom is -0.398 e. The van der Waals surface area contributed by atoms with Gasteiger partial charge in [-0.1, -0.05) is 17.7 Å². The Morgan fingerprint density at radius 2 is 2.14 bits per heavy atom. The standard InChI is InChI=1S/C14H15ClN2O2S2/c1-9-8-13(20-14(9)15)21(18,19)17-7-3-4-10-11(16)5-2-6-12(10)17/h2,5-6,8H,3-4,7,16H2,1H3. The van der Waals surface area contributed by atoms with Gasteiger partial charge in [-0.2, -0.15) is 0 Å². The maximum atomic E-state index is 12.9. The summed E-state index contributed by atoms with van der Waals surface area (Å²) in [5.41, 5.74) is 9.00. The van der Waals surface area contributed by atoms with E-state index in [-0.39, 0.29) is 4.21 Å². The summed E-state index contributed by atoms with van der Waals surface area (Å²) in [5.74, 6) is 0. The summed E-state index contributed by atoms with van der Waals surface area (Å²) >= 11 is 7.11. The second kappa shape index (κ2) is 5.19. The predicted octanol–water partition coefficient (Wildman–Crippen LogP) is 3.43. The third-order valence-corrected chi connectivity index (χ3v) is 7.44. The molecule has 1 aromatic heterocycles. The molecule has 0 spiro atoms. The van der Waals surface area contributed by atoms with Crippen molar-refractivity contribution in [2.24, 2.45) is 0 Å². The van der Waals surface area contributed by atoms with E-state index in [1.165, 1.54) is 4.31 Å². The lowest BCUT2D eigenvalue weighted by Crippen LogP contribution is -2.35. The van der Waals surface area contributed by atoms with Crippen LogP contribution in [0.3, 0.4) is 0 Å². The third kappa shape index (κ3) is 2.41. The number of aryl methyl sites for hydroxylation is 1. The summed E-state index contributed by atoms with van der Waals surface area (Å²) in [6, 6.07) is 7.03. The largest absolute Gasteiger partial charge is 0.398 e. The molecule has 0 amide bonds. The van der Waals surface area contributed by atoms with Gasteiger partial charge in [-0.15, -0.1) is 11.3 Å². The summed E-state index contributed by atoms with van der Waals surface area (Å²) in [6.45, 7) is 2.27. The molecule has 0 atom stereocenters. The molecule has 4 nitrogen and oxygen atoms in total. The molecule has 0 saturated heterocycles. The Labute approximate surface area is 133 Å². The van der Waals surface area contributed by atoms with Crippen molar-refractivity contribution in [3.63, 3.8) is 0 Å². The SMILES string of the molecule is Cc1cc(S(=O)(=O)N2CCCc3c(N)cccc32)sc1Cl. The molecule has 2 N–H and O–H groups in total. The first-order valence-corrected chi connectivity index (χ1v) is 9.21. The monoisotopic (exact) mass is 342 g/mol. The van der Waals surface area contributed by atoms with Crippen LogP contribution in [-0.4, -0.2) is 15.0 Å². The lowest BCUT2D eigenvalue weighted by atomic mass is 10.0. The lowest BCUT2D eigenvalue weighted by molar-refractivity contribution is 0.588. The highest BCUT2D eigenvalue weighted by molar-refractivity contribution is 7.94. The predicted molar refractivity (Wildman–Crippen MR) is 87.8 cm³/mol. The van der Waals surface area contributed by atoms with Gasteiger partial charge in [0.2, 0.25) is 0 Å². The molecule has 21 heavy (non-hydrogen) atoms. The van der Waals surface area contributed by atoms with Gasteiger partial charge in [-0.25, -0.2) is 8.42 Å². The molecule has 0 fully saturated rings. The number of benzene rings is 1. The van der Waals surface area contributed by atoms with Crippen LogP contribution in [0.4, 0.5) is 11.4 Å². The van der Waals surface area contributed by atoms with Gasteiger partial charge in [0.05, 0.1) is 10.0 Å². The van der Waals surface area contributed by atoms with Gasteiger partial charge in [0.15, 0.2) is 0 Å².